The van der Waals surface area contributed by atoms with Gasteiger partial charge in [-0.05, 0) is 69.2 Å². The molecule has 0 heterocycles. The number of hydrogen-bond acceptors (Lipinski definition) is 12. The van der Waals surface area contributed by atoms with E-state index in [4.69, 9.17) is 9.47 Å². The van der Waals surface area contributed by atoms with Gasteiger partial charge in [-0.1, -0.05) is 0 Å². The second-order valence-electron chi connectivity index (χ2n) is 8.20. The van der Waals surface area contributed by atoms with Crippen molar-refractivity contribution in [1.29, 1.82) is 0 Å². The molecule has 0 saturated carbocycles. The van der Waals surface area contributed by atoms with Crippen LogP contribution in [0.25, 0.3) is 0 Å². The minimum atomic E-state index is -0.442. The predicted octanol–water partition coefficient (Wildman–Crippen LogP) is 2.89. The van der Waals surface area contributed by atoms with Crippen LogP contribution in [0.3, 0.4) is 0 Å². The molecule has 224 valence electrons. The average molecular weight is 596 g/mol. The summed E-state index contributed by atoms with van der Waals surface area (Å²) < 4.78 is 18.4. The molecule has 13 heteroatoms. The molecule has 0 aliphatic heterocycles. The third-order valence-electron chi connectivity index (χ3n) is 2.92. The summed E-state index contributed by atoms with van der Waals surface area (Å²) in [6.07, 6.45) is -0.698. The van der Waals surface area contributed by atoms with Gasteiger partial charge in [-0.25, -0.2) is 0 Å². The van der Waals surface area contributed by atoms with Crippen molar-refractivity contribution in [3.8, 4) is 0 Å². The summed E-state index contributed by atoms with van der Waals surface area (Å²) in [6.45, 7) is 16.5. The van der Waals surface area contributed by atoms with E-state index in [-0.39, 0.29) is 82.7 Å². The van der Waals surface area contributed by atoms with E-state index in [9.17, 15) is 38.4 Å². The van der Waals surface area contributed by atoms with Crippen molar-refractivity contribution in [2.75, 3.05) is 13.2 Å². The van der Waals surface area contributed by atoms with E-state index in [0.29, 0.717) is 13.2 Å². The molecule has 0 fully saturated rings. The van der Waals surface area contributed by atoms with Gasteiger partial charge in [0.25, 0.3) is 0 Å². The summed E-state index contributed by atoms with van der Waals surface area (Å²) in [7, 11) is 0. The van der Waals surface area contributed by atoms with Gasteiger partial charge in [0.1, 0.15) is 48.8 Å². The fraction of sp³-hybridized carbons (Fsp3) is 0.692. The van der Waals surface area contributed by atoms with Crippen molar-refractivity contribution in [2.45, 2.75) is 107 Å². The van der Waals surface area contributed by atoms with Crippen LogP contribution in [-0.4, -0.2) is 72.4 Å². The van der Waals surface area contributed by atoms with E-state index < -0.39 is 23.9 Å². The Hall–Kier alpha value is -2.73. The second kappa shape index (κ2) is 29.8. The molecule has 0 amide bonds. The molecule has 0 saturated heterocycles. The van der Waals surface area contributed by atoms with Gasteiger partial charge in [-0.2, -0.15) is 0 Å². The molecule has 0 aromatic rings. The summed E-state index contributed by atoms with van der Waals surface area (Å²) in [5.74, 6) is -2.40. The summed E-state index contributed by atoms with van der Waals surface area (Å²) in [6, 6.07) is 0. The van der Waals surface area contributed by atoms with Gasteiger partial charge in [-0.3, -0.25) is 38.4 Å². The number of Topliss-reactive ketones (excluding diaryl/α,β-unsaturated/α-hetero) is 4. The molecule has 39 heavy (non-hydrogen) atoms. The van der Waals surface area contributed by atoms with Crippen LogP contribution in [0, 0.1) is 0 Å². The van der Waals surface area contributed by atoms with Gasteiger partial charge < -0.3 is 18.9 Å². The van der Waals surface area contributed by atoms with E-state index in [0.717, 1.165) is 0 Å². The van der Waals surface area contributed by atoms with Crippen LogP contribution in [0.4, 0.5) is 0 Å². The molecule has 0 bridgehead atoms. The second-order valence-corrected chi connectivity index (χ2v) is 8.20. The molecule has 0 unspecified atom stereocenters. The van der Waals surface area contributed by atoms with E-state index >= 15 is 0 Å². The Balaban J connectivity index is -0.000000131. The number of carbonyl (C=O) groups is 8. The Bertz CT molecular complexity index is 709. The first-order chi connectivity index (χ1) is 17.4. The predicted molar refractivity (Wildman–Crippen MR) is 137 cm³/mol. The van der Waals surface area contributed by atoms with E-state index in [1.165, 1.54) is 27.7 Å². The van der Waals surface area contributed by atoms with Crippen LogP contribution < -0.4 is 0 Å². The van der Waals surface area contributed by atoms with Crippen molar-refractivity contribution < 1.29 is 79.0 Å². The Morgan fingerprint density at radius 2 is 0.667 bits per heavy atom. The number of rotatable bonds is 12. The molecular weight excluding hydrogens is 552 g/mol. The zero-order chi connectivity index (χ0) is 30.8. The number of ether oxygens (including phenoxy) is 4. The van der Waals surface area contributed by atoms with Gasteiger partial charge >= 0.3 is 23.9 Å². The van der Waals surface area contributed by atoms with Gasteiger partial charge in [-0.15, -0.1) is 0 Å². The van der Waals surface area contributed by atoms with Crippen LogP contribution in [0.2, 0.25) is 0 Å². The van der Waals surface area contributed by atoms with Crippen LogP contribution in [-0.2, 0) is 79.0 Å². The van der Waals surface area contributed by atoms with Gasteiger partial charge in [0.05, 0.1) is 25.4 Å². The van der Waals surface area contributed by atoms with Crippen molar-refractivity contribution >= 4 is 47.0 Å². The molecule has 0 aliphatic carbocycles. The van der Waals surface area contributed by atoms with Crippen LogP contribution in [0.5, 0.6) is 0 Å². The number of esters is 4. The summed E-state index contributed by atoms with van der Waals surface area (Å²) in [5, 5.41) is 0. The van der Waals surface area contributed by atoms with Crippen molar-refractivity contribution in [1.82, 2.24) is 0 Å². The minimum absolute atomic E-state index is 0. The smallest absolute Gasteiger partial charge is 0.313 e. The maximum atomic E-state index is 10.6. The number of ketones is 4. The molecule has 12 nitrogen and oxygen atoms in total. The number of carbonyl (C=O) groups excluding carboxylic acids is 8. The molecule has 0 spiro atoms. The van der Waals surface area contributed by atoms with E-state index in [2.05, 4.69) is 9.47 Å². The summed E-state index contributed by atoms with van der Waals surface area (Å²) in [5.41, 5.74) is 0. The van der Waals surface area contributed by atoms with Gasteiger partial charge in [0, 0.05) is 21.7 Å². The van der Waals surface area contributed by atoms with Crippen molar-refractivity contribution in [2.24, 2.45) is 0 Å². The first-order valence-corrected chi connectivity index (χ1v) is 12.1. The average Bonchev–Trinajstić information content (AvgIpc) is 2.66. The largest absolute Gasteiger partial charge is 0.466 e. The normalized spacial score (nSPS) is 8.92. The zero-order valence-electron chi connectivity index (χ0n) is 24.8. The van der Waals surface area contributed by atoms with Gasteiger partial charge in [0.15, 0.2) is 0 Å². The quantitative estimate of drug-likeness (QED) is 0.140. The minimum Gasteiger partial charge on any atom is -0.466 e. The van der Waals surface area contributed by atoms with Crippen molar-refractivity contribution in [3.63, 3.8) is 0 Å². The Morgan fingerprint density at radius 1 is 0.462 bits per heavy atom. The molecule has 0 aromatic heterocycles. The SMILES string of the molecule is CC(=O)CC(=O)OC(C)C.CC(=O)CC(=O)OC(C)C.CCOC(=O)CC(C)=O.CCOC(=O)CC(C)=O.[Ti]. The van der Waals surface area contributed by atoms with Crippen LogP contribution in [0.15, 0.2) is 0 Å². The fourth-order valence-electron chi connectivity index (χ4n) is 1.85. The Labute approximate surface area is 246 Å². The Morgan fingerprint density at radius 3 is 0.821 bits per heavy atom. The fourth-order valence-corrected chi connectivity index (χ4v) is 1.85. The first kappa shape index (κ1) is 46.1. The van der Waals surface area contributed by atoms with E-state index in [1.54, 1.807) is 41.5 Å². The monoisotopic (exact) mass is 596 g/mol. The van der Waals surface area contributed by atoms with Gasteiger partial charge in [0.2, 0.25) is 0 Å². The third kappa shape index (κ3) is 52.5. The molecule has 0 aromatic carbocycles. The summed E-state index contributed by atoms with van der Waals surface area (Å²) in [4.78, 5) is 83.2. The van der Waals surface area contributed by atoms with Crippen LogP contribution >= 0.6 is 0 Å². The van der Waals surface area contributed by atoms with E-state index in [1.807, 2.05) is 0 Å². The summed E-state index contributed by atoms with van der Waals surface area (Å²) >= 11 is 0. The zero-order valence-corrected chi connectivity index (χ0v) is 26.4. The molecular formula is C26H44O12Ti. The standard InChI is InChI=1S/2C7H12O3.2C6H10O3.Ti/c2*1-5(2)10-7(9)4-6(3)8;2*1-3-9-6(8)4-5(2)7;/h2*5H,4H2,1-3H3;2*3-4H2,1-2H3;. The Kier molecular flexibility index (Phi) is 35.3. The molecule has 0 atom stereocenters. The topological polar surface area (TPSA) is 173 Å². The number of hydrogen-bond donors (Lipinski definition) is 0. The van der Waals surface area contributed by atoms with Crippen molar-refractivity contribution in [3.05, 3.63) is 0 Å². The maximum absolute atomic E-state index is 10.6. The maximum Gasteiger partial charge on any atom is 0.313 e. The molecule has 0 N–H and O–H groups in total. The molecule has 0 rings (SSSR count). The van der Waals surface area contributed by atoms with Crippen LogP contribution in [0.1, 0.15) is 94.9 Å². The molecule has 0 radical (unpaired) electrons. The molecule has 0 aliphatic rings. The first-order valence-electron chi connectivity index (χ1n) is 12.1. The third-order valence-corrected chi connectivity index (χ3v) is 2.92.